The van der Waals surface area contributed by atoms with Gasteiger partial charge in [0.25, 0.3) is 0 Å². The second-order valence-electron chi connectivity index (χ2n) is 7.94. The average molecular weight is 412 g/mol. The van der Waals surface area contributed by atoms with Gasteiger partial charge in [-0.2, -0.15) is 10.2 Å². The van der Waals surface area contributed by atoms with Crippen molar-refractivity contribution in [1.29, 1.82) is 0 Å². The number of nitrogens with one attached hydrogen (secondary N) is 1. The topological polar surface area (TPSA) is 109 Å². The van der Waals surface area contributed by atoms with Crippen LogP contribution in [0.15, 0.2) is 36.5 Å². The van der Waals surface area contributed by atoms with Gasteiger partial charge < -0.3 is 15.2 Å². The number of aryl methyl sites for hydroxylation is 2. The number of hydrogen-bond donors (Lipinski definition) is 2. The maximum Gasteiger partial charge on any atom is 0.418 e. The average Bonchev–Trinajstić information content (AvgIpc) is 3.26. The number of ether oxygens (including phenoxy) is 2. The molecular formula is C21H28N6O3. The number of rotatable bonds is 6. The second-order valence-corrected chi connectivity index (χ2v) is 7.94. The van der Waals surface area contributed by atoms with Gasteiger partial charge in [0.05, 0.1) is 11.4 Å². The lowest BCUT2D eigenvalue weighted by atomic mass is 9.93. The zero-order valence-electron chi connectivity index (χ0n) is 18.0. The smallest absolute Gasteiger partial charge is 0.418 e. The van der Waals surface area contributed by atoms with Crippen molar-refractivity contribution in [2.45, 2.75) is 26.2 Å². The molecule has 0 radical (unpaired) electrons. The van der Waals surface area contributed by atoms with E-state index in [1.165, 1.54) is 0 Å². The van der Waals surface area contributed by atoms with E-state index in [1.807, 2.05) is 40.0 Å². The van der Waals surface area contributed by atoms with Crippen LogP contribution in [0.5, 0.6) is 11.6 Å². The number of hydrogen-bond acceptors (Lipinski definition) is 6. The summed E-state index contributed by atoms with van der Waals surface area (Å²) in [7, 11) is 3.58. The van der Waals surface area contributed by atoms with Crippen LogP contribution in [0.25, 0.3) is 11.3 Å². The molecule has 1 aromatic carbocycles. The Balaban J connectivity index is 1.80. The first-order chi connectivity index (χ1) is 14.2. The van der Waals surface area contributed by atoms with Gasteiger partial charge in [-0.1, -0.05) is 20.8 Å². The summed E-state index contributed by atoms with van der Waals surface area (Å²) in [5.74, 6) is 1.02. The van der Waals surface area contributed by atoms with E-state index >= 15 is 0 Å². The number of carbonyl (C=O) groups excluding carboxylic acids is 1. The fraction of sp³-hybridized carbons (Fsp3) is 0.381. The molecule has 0 aliphatic carbocycles. The number of benzene rings is 1. The van der Waals surface area contributed by atoms with Crippen molar-refractivity contribution in [1.82, 2.24) is 19.6 Å². The molecule has 0 bridgehead atoms. The third kappa shape index (κ3) is 4.80. The molecule has 0 unspecified atom stereocenters. The van der Waals surface area contributed by atoms with E-state index in [-0.39, 0.29) is 5.41 Å². The molecule has 0 atom stereocenters. The molecule has 0 spiro atoms. The summed E-state index contributed by atoms with van der Waals surface area (Å²) in [5.41, 5.74) is 8.46. The highest BCUT2D eigenvalue weighted by Gasteiger charge is 2.21. The Morgan fingerprint density at radius 2 is 1.93 bits per heavy atom. The van der Waals surface area contributed by atoms with Gasteiger partial charge in [0.15, 0.2) is 0 Å². The van der Waals surface area contributed by atoms with Gasteiger partial charge in [0.1, 0.15) is 12.4 Å². The third-order valence-corrected chi connectivity index (χ3v) is 4.50. The number of aromatic nitrogens is 4. The van der Waals surface area contributed by atoms with Gasteiger partial charge in [-0.15, -0.1) is 0 Å². The molecule has 3 aromatic rings. The first-order valence-electron chi connectivity index (χ1n) is 9.67. The Bertz CT molecular complexity index is 1030. The Labute approximate surface area is 175 Å². The molecule has 160 valence electrons. The van der Waals surface area contributed by atoms with Gasteiger partial charge in [0, 0.05) is 49.6 Å². The molecule has 0 saturated heterocycles. The minimum Gasteiger partial charge on any atom is -0.492 e. The van der Waals surface area contributed by atoms with E-state index < -0.39 is 6.09 Å². The van der Waals surface area contributed by atoms with Gasteiger partial charge in [-0.3, -0.25) is 10.00 Å². The summed E-state index contributed by atoms with van der Waals surface area (Å²) in [6.07, 6.45) is 1.09. The Hall–Kier alpha value is -3.33. The first-order valence-corrected chi connectivity index (χ1v) is 9.67. The van der Waals surface area contributed by atoms with Crippen molar-refractivity contribution in [3.63, 3.8) is 0 Å². The number of amides is 1. The van der Waals surface area contributed by atoms with Crippen LogP contribution in [0.1, 0.15) is 26.5 Å². The highest BCUT2D eigenvalue weighted by atomic mass is 16.6. The summed E-state index contributed by atoms with van der Waals surface area (Å²) in [6, 6.07) is 8.99. The zero-order valence-corrected chi connectivity index (χ0v) is 18.0. The van der Waals surface area contributed by atoms with Crippen molar-refractivity contribution in [2.75, 3.05) is 18.5 Å². The van der Waals surface area contributed by atoms with E-state index in [4.69, 9.17) is 15.2 Å². The minimum absolute atomic E-state index is 0.146. The quantitative estimate of drug-likeness (QED) is 0.644. The molecule has 0 aliphatic rings. The molecule has 2 heterocycles. The molecule has 3 rings (SSSR count). The normalized spacial score (nSPS) is 11.4. The van der Waals surface area contributed by atoms with Gasteiger partial charge >= 0.3 is 6.09 Å². The Morgan fingerprint density at radius 1 is 1.17 bits per heavy atom. The zero-order chi connectivity index (χ0) is 21.9. The fourth-order valence-corrected chi connectivity index (χ4v) is 2.89. The lowest BCUT2D eigenvalue weighted by molar-refractivity contribution is 0.211. The molecule has 3 N–H and O–H groups in total. The molecule has 0 aliphatic heterocycles. The monoisotopic (exact) mass is 412 g/mol. The van der Waals surface area contributed by atoms with E-state index in [2.05, 4.69) is 15.5 Å². The minimum atomic E-state index is -0.606. The molecule has 0 fully saturated rings. The standard InChI is InChI=1S/C21H28N6O3/c1-21(2,3)18-13-19(27(5)25-18)30-20(28)24-14-6-7-17(29-11-9-22)15(12-14)16-8-10-23-26(16)4/h6-8,10,12-13H,9,11,22H2,1-5H3,(H,24,28). The van der Waals surface area contributed by atoms with E-state index in [0.29, 0.717) is 30.5 Å². The summed E-state index contributed by atoms with van der Waals surface area (Å²) in [6.45, 7) is 6.93. The van der Waals surface area contributed by atoms with Crippen molar-refractivity contribution < 1.29 is 14.3 Å². The second kappa shape index (κ2) is 8.58. The van der Waals surface area contributed by atoms with Crippen LogP contribution in [0.3, 0.4) is 0 Å². The maximum absolute atomic E-state index is 12.5. The summed E-state index contributed by atoms with van der Waals surface area (Å²) in [5, 5.41) is 11.4. The fourth-order valence-electron chi connectivity index (χ4n) is 2.89. The largest absolute Gasteiger partial charge is 0.492 e. The van der Waals surface area contributed by atoms with E-state index in [9.17, 15) is 4.79 Å². The van der Waals surface area contributed by atoms with Crippen LogP contribution in [0, 0.1) is 0 Å². The summed E-state index contributed by atoms with van der Waals surface area (Å²) < 4.78 is 14.5. The Morgan fingerprint density at radius 3 is 2.53 bits per heavy atom. The molecule has 9 heteroatoms. The SMILES string of the molecule is Cn1nc(C(C)(C)C)cc1OC(=O)Nc1ccc(OCCN)c(-c2ccnn2C)c1. The summed E-state index contributed by atoms with van der Waals surface area (Å²) in [4.78, 5) is 12.5. The van der Waals surface area contributed by atoms with Crippen molar-refractivity contribution >= 4 is 11.8 Å². The van der Waals surface area contributed by atoms with Crippen molar-refractivity contribution in [3.05, 3.63) is 42.2 Å². The molecular weight excluding hydrogens is 384 g/mol. The predicted molar refractivity (Wildman–Crippen MR) is 115 cm³/mol. The molecule has 2 aromatic heterocycles. The third-order valence-electron chi connectivity index (χ3n) is 4.50. The number of anilines is 1. The maximum atomic E-state index is 12.5. The van der Waals surface area contributed by atoms with Crippen LogP contribution >= 0.6 is 0 Å². The van der Waals surface area contributed by atoms with Gasteiger partial charge in [0.2, 0.25) is 5.88 Å². The Kier molecular flexibility index (Phi) is 6.12. The van der Waals surface area contributed by atoms with Crippen LogP contribution in [-0.2, 0) is 19.5 Å². The van der Waals surface area contributed by atoms with E-state index in [1.54, 1.807) is 40.8 Å². The lowest BCUT2D eigenvalue weighted by Gasteiger charge is -2.14. The van der Waals surface area contributed by atoms with Crippen LogP contribution in [0.4, 0.5) is 10.5 Å². The van der Waals surface area contributed by atoms with Crippen LogP contribution < -0.4 is 20.5 Å². The van der Waals surface area contributed by atoms with Crippen molar-refractivity contribution in [2.24, 2.45) is 19.8 Å². The lowest BCUT2D eigenvalue weighted by Crippen LogP contribution is -2.18. The molecule has 30 heavy (non-hydrogen) atoms. The molecule has 1 amide bonds. The first kappa shape index (κ1) is 21.4. The number of carbonyl (C=O) groups is 1. The number of nitrogens with zero attached hydrogens (tertiary/aromatic N) is 4. The highest BCUT2D eigenvalue weighted by molar-refractivity contribution is 5.88. The van der Waals surface area contributed by atoms with Crippen LogP contribution in [0.2, 0.25) is 0 Å². The highest BCUT2D eigenvalue weighted by Crippen LogP contribution is 2.32. The van der Waals surface area contributed by atoms with Gasteiger partial charge in [-0.05, 0) is 24.3 Å². The van der Waals surface area contributed by atoms with E-state index in [0.717, 1.165) is 17.0 Å². The van der Waals surface area contributed by atoms with Crippen molar-refractivity contribution in [3.8, 4) is 22.9 Å². The van der Waals surface area contributed by atoms with Crippen LogP contribution in [-0.4, -0.2) is 38.8 Å². The summed E-state index contributed by atoms with van der Waals surface area (Å²) >= 11 is 0. The van der Waals surface area contributed by atoms with Gasteiger partial charge in [-0.25, -0.2) is 9.48 Å². The molecule has 9 nitrogen and oxygen atoms in total. The predicted octanol–water partition coefficient (Wildman–Crippen LogP) is 3.07. The number of nitrogens with two attached hydrogens (primary N) is 1. The molecule has 0 saturated carbocycles.